The van der Waals surface area contributed by atoms with Crippen molar-refractivity contribution >= 4 is 54.5 Å². The Morgan fingerprint density at radius 1 is 0.938 bits per heavy atom. The quantitative estimate of drug-likeness (QED) is 0.251. The second-order valence-electron chi connectivity index (χ2n) is 6.90. The summed E-state index contributed by atoms with van der Waals surface area (Å²) in [6.45, 7) is -0.423. The molecule has 0 aliphatic carbocycles. The molecule has 8 heteroatoms. The number of H-pyrrole nitrogens is 1. The van der Waals surface area contributed by atoms with Gasteiger partial charge in [-0.05, 0) is 30.3 Å². The number of hydrogen-bond donors (Lipinski definition) is 2. The summed E-state index contributed by atoms with van der Waals surface area (Å²) in [4.78, 5) is 40.6. The van der Waals surface area contributed by atoms with Crippen molar-refractivity contribution in [2.24, 2.45) is 0 Å². The Kier molecular flexibility index (Phi) is 6.25. The number of benzene rings is 3. The van der Waals surface area contributed by atoms with Crippen LogP contribution in [0.1, 0.15) is 20.7 Å². The Morgan fingerprint density at radius 3 is 2.34 bits per heavy atom. The topological polar surface area (TPSA) is 96.5 Å². The molecule has 0 spiro atoms. The van der Waals surface area contributed by atoms with E-state index in [9.17, 15) is 19.5 Å². The van der Waals surface area contributed by atoms with Gasteiger partial charge in [0.2, 0.25) is 11.2 Å². The van der Waals surface area contributed by atoms with E-state index in [4.69, 9.17) is 4.74 Å². The van der Waals surface area contributed by atoms with Crippen LogP contribution in [0.2, 0.25) is 0 Å². The molecule has 0 amide bonds. The first kappa shape index (κ1) is 22.0. The highest BCUT2D eigenvalue weighted by Crippen LogP contribution is 2.32. The molecule has 0 aliphatic heterocycles. The average molecular weight is 557 g/mol. The zero-order valence-electron chi connectivity index (χ0n) is 16.4. The number of esters is 1. The summed E-state index contributed by atoms with van der Waals surface area (Å²) in [5.74, 6) is -1.47. The maximum atomic E-state index is 12.7. The predicted molar refractivity (Wildman–Crippen MR) is 128 cm³/mol. The highest BCUT2D eigenvalue weighted by atomic mass is 79.9. The van der Waals surface area contributed by atoms with Crippen molar-refractivity contribution in [3.05, 3.63) is 97.0 Å². The van der Waals surface area contributed by atoms with Crippen molar-refractivity contribution in [2.45, 2.75) is 0 Å². The number of hydrogen-bond acceptors (Lipinski definition) is 5. The zero-order valence-corrected chi connectivity index (χ0v) is 19.6. The second-order valence-corrected chi connectivity index (χ2v) is 8.61. The van der Waals surface area contributed by atoms with E-state index in [0.717, 1.165) is 0 Å². The first-order valence-electron chi connectivity index (χ1n) is 9.45. The summed E-state index contributed by atoms with van der Waals surface area (Å²) in [7, 11) is 0. The lowest BCUT2D eigenvalue weighted by molar-refractivity contribution is 0.0474. The molecule has 0 saturated heterocycles. The molecule has 2 N–H and O–H groups in total. The van der Waals surface area contributed by atoms with Gasteiger partial charge in [0, 0.05) is 25.5 Å². The number of pyridine rings is 1. The van der Waals surface area contributed by atoms with E-state index in [2.05, 4.69) is 36.8 Å². The second kappa shape index (κ2) is 9.10. The lowest BCUT2D eigenvalue weighted by Gasteiger charge is -2.10. The molecule has 0 aliphatic rings. The third-order valence-corrected chi connectivity index (χ3v) is 6.25. The normalized spacial score (nSPS) is 10.8. The Balaban J connectivity index is 1.64. The SMILES string of the molecule is O=C(OCC(=O)c1ccccc1Br)c1ccc2c(=O)c(O)c(-c3ccccc3Br)[nH]c2c1. The fraction of sp³-hybridized carbons (Fsp3) is 0.0417. The van der Waals surface area contributed by atoms with Gasteiger partial charge in [0.25, 0.3) is 0 Å². The van der Waals surface area contributed by atoms with Gasteiger partial charge >= 0.3 is 5.97 Å². The van der Waals surface area contributed by atoms with Crippen LogP contribution in [0, 0.1) is 0 Å². The summed E-state index contributed by atoms with van der Waals surface area (Å²) in [6.07, 6.45) is 0. The van der Waals surface area contributed by atoms with Gasteiger partial charge in [-0.2, -0.15) is 0 Å². The minimum absolute atomic E-state index is 0.164. The van der Waals surface area contributed by atoms with E-state index < -0.39 is 23.8 Å². The average Bonchev–Trinajstić information content (AvgIpc) is 2.80. The number of nitrogens with one attached hydrogen (secondary N) is 1. The highest BCUT2D eigenvalue weighted by molar-refractivity contribution is 9.10. The molecule has 0 radical (unpaired) electrons. The number of ether oxygens (including phenoxy) is 1. The molecule has 4 rings (SSSR count). The van der Waals surface area contributed by atoms with Gasteiger partial charge in [-0.15, -0.1) is 0 Å². The van der Waals surface area contributed by atoms with Gasteiger partial charge in [-0.25, -0.2) is 4.79 Å². The van der Waals surface area contributed by atoms with Crippen LogP contribution >= 0.6 is 31.9 Å². The molecule has 4 aromatic rings. The summed E-state index contributed by atoms with van der Waals surface area (Å²) < 4.78 is 6.48. The minimum Gasteiger partial charge on any atom is -0.503 e. The number of rotatable bonds is 5. The number of halogens is 2. The minimum atomic E-state index is -0.705. The monoisotopic (exact) mass is 555 g/mol. The smallest absolute Gasteiger partial charge is 0.338 e. The van der Waals surface area contributed by atoms with E-state index >= 15 is 0 Å². The van der Waals surface area contributed by atoms with E-state index in [1.807, 2.05) is 6.07 Å². The van der Waals surface area contributed by atoms with Gasteiger partial charge in [0.05, 0.1) is 16.8 Å². The Hall–Kier alpha value is -3.23. The number of aromatic hydroxyl groups is 1. The molecule has 3 aromatic carbocycles. The molecule has 0 unspecified atom stereocenters. The Labute approximate surface area is 199 Å². The Morgan fingerprint density at radius 2 is 1.62 bits per heavy atom. The molecule has 0 saturated carbocycles. The van der Waals surface area contributed by atoms with Crippen LogP contribution in [0.3, 0.4) is 0 Å². The molecule has 0 fully saturated rings. The molecule has 0 bridgehead atoms. The standard InChI is InChI=1S/C24H15Br2NO5/c25-17-7-3-1-5-14(17)20(28)12-32-24(31)13-9-10-16-19(11-13)27-21(23(30)22(16)29)15-6-2-4-8-18(15)26/h1-11,30H,12H2,(H,27,29). The summed E-state index contributed by atoms with van der Waals surface area (Å²) in [6, 6.07) is 18.3. The van der Waals surface area contributed by atoms with Crippen LogP contribution in [-0.2, 0) is 4.74 Å². The van der Waals surface area contributed by atoms with E-state index in [1.165, 1.54) is 18.2 Å². The first-order valence-corrected chi connectivity index (χ1v) is 11.0. The number of fused-ring (bicyclic) bond motifs is 1. The molecule has 6 nitrogen and oxygen atoms in total. The molecular formula is C24H15Br2NO5. The highest BCUT2D eigenvalue weighted by Gasteiger charge is 2.18. The van der Waals surface area contributed by atoms with Crippen molar-refractivity contribution in [1.82, 2.24) is 4.98 Å². The van der Waals surface area contributed by atoms with Crippen molar-refractivity contribution in [1.29, 1.82) is 0 Å². The largest absolute Gasteiger partial charge is 0.503 e. The van der Waals surface area contributed by atoms with Crippen LogP contribution in [0.15, 0.2) is 80.5 Å². The fourth-order valence-electron chi connectivity index (χ4n) is 3.25. The predicted octanol–water partition coefficient (Wildman–Crippen LogP) is 5.47. The third kappa shape index (κ3) is 4.24. The molecule has 1 aromatic heterocycles. The zero-order chi connectivity index (χ0) is 22.8. The van der Waals surface area contributed by atoms with E-state index in [-0.39, 0.29) is 22.4 Å². The summed E-state index contributed by atoms with van der Waals surface area (Å²) >= 11 is 6.71. The first-order chi connectivity index (χ1) is 15.4. The van der Waals surface area contributed by atoms with Crippen LogP contribution in [0.25, 0.3) is 22.2 Å². The number of ketones is 1. The summed E-state index contributed by atoms with van der Waals surface area (Å²) in [5, 5.41) is 10.7. The van der Waals surface area contributed by atoms with Gasteiger partial charge in [0.15, 0.2) is 12.4 Å². The van der Waals surface area contributed by atoms with Crippen molar-refractivity contribution < 1.29 is 19.4 Å². The lowest BCUT2D eigenvalue weighted by atomic mass is 10.1. The van der Waals surface area contributed by atoms with Gasteiger partial charge in [0.1, 0.15) is 0 Å². The number of carbonyl (C=O) groups excluding carboxylic acids is 2. The third-order valence-electron chi connectivity index (χ3n) is 4.86. The van der Waals surface area contributed by atoms with Gasteiger partial charge in [-0.1, -0.05) is 68.3 Å². The van der Waals surface area contributed by atoms with Crippen LogP contribution in [0.4, 0.5) is 0 Å². The van der Waals surface area contributed by atoms with Crippen molar-refractivity contribution in [2.75, 3.05) is 6.61 Å². The number of aromatic amines is 1. The van der Waals surface area contributed by atoms with Crippen LogP contribution in [-0.4, -0.2) is 28.4 Å². The fourth-order valence-corrected chi connectivity index (χ4v) is 4.23. The molecule has 160 valence electrons. The maximum Gasteiger partial charge on any atom is 0.338 e. The lowest BCUT2D eigenvalue weighted by Crippen LogP contribution is -2.15. The van der Waals surface area contributed by atoms with Gasteiger partial charge in [-0.3, -0.25) is 9.59 Å². The number of carbonyl (C=O) groups is 2. The van der Waals surface area contributed by atoms with Crippen molar-refractivity contribution in [3.63, 3.8) is 0 Å². The number of aromatic nitrogens is 1. The number of Topliss-reactive ketones (excluding diaryl/α,β-unsaturated/α-hetero) is 1. The summed E-state index contributed by atoms with van der Waals surface area (Å²) in [5.41, 5.74) is 1.19. The Bertz CT molecular complexity index is 1430. The molecule has 32 heavy (non-hydrogen) atoms. The van der Waals surface area contributed by atoms with Crippen LogP contribution in [0.5, 0.6) is 5.75 Å². The van der Waals surface area contributed by atoms with Crippen molar-refractivity contribution in [3.8, 4) is 17.0 Å². The van der Waals surface area contributed by atoms with E-state index in [1.54, 1.807) is 42.5 Å². The molecule has 1 heterocycles. The molecule has 0 atom stereocenters. The maximum absolute atomic E-state index is 12.7. The molecular weight excluding hydrogens is 542 g/mol. The van der Waals surface area contributed by atoms with Crippen LogP contribution < -0.4 is 5.43 Å². The van der Waals surface area contributed by atoms with E-state index in [0.29, 0.717) is 25.6 Å². The van der Waals surface area contributed by atoms with Gasteiger partial charge < -0.3 is 14.8 Å².